The quantitative estimate of drug-likeness (QED) is 0.792. The first-order valence-electron chi connectivity index (χ1n) is 5.80. The number of benzene rings is 2. The summed E-state index contributed by atoms with van der Waals surface area (Å²) in [6.07, 6.45) is 0. The lowest BCUT2D eigenvalue weighted by Gasteiger charge is -2.07. The van der Waals surface area contributed by atoms with Crippen LogP contribution in [0.15, 0.2) is 42.5 Å². The van der Waals surface area contributed by atoms with Gasteiger partial charge < -0.3 is 11.1 Å². The van der Waals surface area contributed by atoms with Gasteiger partial charge in [-0.05, 0) is 43.7 Å². The van der Waals surface area contributed by atoms with Crippen molar-refractivity contribution in [2.24, 2.45) is 0 Å². The molecule has 0 unspecified atom stereocenters. The summed E-state index contributed by atoms with van der Waals surface area (Å²) < 4.78 is 0. The molecular weight excluding hydrogens is 224 g/mol. The summed E-state index contributed by atoms with van der Waals surface area (Å²) in [5, 5.41) is 2.84. The van der Waals surface area contributed by atoms with Crippen LogP contribution >= 0.6 is 0 Å². The SMILES string of the molecule is Cc1ccc(NC(=O)c2ccc(C)c(N)c2)cc1. The number of nitrogen functional groups attached to an aromatic ring is 1. The van der Waals surface area contributed by atoms with Crippen LogP contribution in [0.4, 0.5) is 11.4 Å². The summed E-state index contributed by atoms with van der Waals surface area (Å²) >= 11 is 0. The third-order valence-corrected chi connectivity index (χ3v) is 2.85. The Morgan fingerprint density at radius 3 is 2.33 bits per heavy atom. The fourth-order valence-electron chi connectivity index (χ4n) is 1.62. The minimum absolute atomic E-state index is 0.148. The van der Waals surface area contributed by atoms with E-state index in [1.165, 1.54) is 0 Å². The normalized spacial score (nSPS) is 10.1. The molecule has 0 saturated heterocycles. The number of aryl methyl sites for hydroxylation is 2. The molecule has 0 saturated carbocycles. The van der Waals surface area contributed by atoms with E-state index in [2.05, 4.69) is 5.32 Å². The molecule has 18 heavy (non-hydrogen) atoms. The van der Waals surface area contributed by atoms with Gasteiger partial charge >= 0.3 is 0 Å². The fourth-order valence-corrected chi connectivity index (χ4v) is 1.62. The highest BCUT2D eigenvalue weighted by molar-refractivity contribution is 6.04. The first-order chi connectivity index (χ1) is 8.56. The molecule has 2 rings (SSSR count). The van der Waals surface area contributed by atoms with E-state index in [0.29, 0.717) is 11.3 Å². The van der Waals surface area contributed by atoms with Gasteiger partial charge in [-0.1, -0.05) is 23.8 Å². The van der Waals surface area contributed by atoms with E-state index in [1.54, 1.807) is 12.1 Å². The topological polar surface area (TPSA) is 55.1 Å². The van der Waals surface area contributed by atoms with E-state index >= 15 is 0 Å². The Kier molecular flexibility index (Phi) is 3.33. The number of amides is 1. The van der Waals surface area contributed by atoms with Crippen molar-refractivity contribution in [1.82, 2.24) is 0 Å². The summed E-state index contributed by atoms with van der Waals surface area (Å²) in [7, 11) is 0. The van der Waals surface area contributed by atoms with Gasteiger partial charge in [0.25, 0.3) is 5.91 Å². The van der Waals surface area contributed by atoms with Gasteiger partial charge in [0.15, 0.2) is 0 Å². The van der Waals surface area contributed by atoms with E-state index in [1.807, 2.05) is 44.2 Å². The first kappa shape index (κ1) is 12.2. The maximum absolute atomic E-state index is 12.0. The molecule has 0 aliphatic heterocycles. The Morgan fingerprint density at radius 2 is 1.72 bits per heavy atom. The van der Waals surface area contributed by atoms with Crippen molar-refractivity contribution in [2.45, 2.75) is 13.8 Å². The van der Waals surface area contributed by atoms with Crippen LogP contribution in [0.3, 0.4) is 0 Å². The van der Waals surface area contributed by atoms with Gasteiger partial charge in [-0.25, -0.2) is 0 Å². The second-order valence-corrected chi connectivity index (χ2v) is 4.39. The maximum atomic E-state index is 12.0. The highest BCUT2D eigenvalue weighted by Crippen LogP contribution is 2.15. The number of hydrogen-bond acceptors (Lipinski definition) is 2. The molecule has 92 valence electrons. The number of carbonyl (C=O) groups excluding carboxylic acids is 1. The van der Waals surface area contributed by atoms with Crippen LogP contribution in [0.1, 0.15) is 21.5 Å². The lowest BCUT2D eigenvalue weighted by atomic mass is 10.1. The summed E-state index contributed by atoms with van der Waals surface area (Å²) in [4.78, 5) is 12.0. The van der Waals surface area contributed by atoms with Gasteiger partial charge in [-0.2, -0.15) is 0 Å². The molecular formula is C15H16N2O. The van der Waals surface area contributed by atoms with Gasteiger partial charge in [0, 0.05) is 16.9 Å². The Labute approximate surface area is 107 Å². The van der Waals surface area contributed by atoms with Crippen molar-refractivity contribution in [3.05, 3.63) is 59.2 Å². The monoisotopic (exact) mass is 240 g/mol. The van der Waals surface area contributed by atoms with E-state index < -0.39 is 0 Å². The number of carbonyl (C=O) groups is 1. The molecule has 3 heteroatoms. The molecule has 0 aliphatic rings. The lowest BCUT2D eigenvalue weighted by molar-refractivity contribution is 0.102. The number of hydrogen-bond donors (Lipinski definition) is 2. The minimum atomic E-state index is -0.148. The van der Waals surface area contributed by atoms with Crippen molar-refractivity contribution in [3.63, 3.8) is 0 Å². The molecule has 1 amide bonds. The first-order valence-corrected chi connectivity index (χ1v) is 5.80. The number of nitrogens with one attached hydrogen (secondary N) is 1. The highest BCUT2D eigenvalue weighted by atomic mass is 16.1. The van der Waals surface area contributed by atoms with Crippen molar-refractivity contribution in [3.8, 4) is 0 Å². The standard InChI is InChI=1S/C15H16N2O/c1-10-3-7-13(8-4-10)17-15(18)12-6-5-11(2)14(16)9-12/h3-9H,16H2,1-2H3,(H,17,18). The Morgan fingerprint density at radius 1 is 1.06 bits per heavy atom. The largest absolute Gasteiger partial charge is 0.398 e. The van der Waals surface area contributed by atoms with Crippen molar-refractivity contribution in [2.75, 3.05) is 11.1 Å². The van der Waals surface area contributed by atoms with E-state index in [-0.39, 0.29) is 5.91 Å². The van der Waals surface area contributed by atoms with Crippen LogP contribution in [0, 0.1) is 13.8 Å². The zero-order chi connectivity index (χ0) is 13.1. The molecule has 0 radical (unpaired) electrons. The lowest BCUT2D eigenvalue weighted by Crippen LogP contribution is -2.12. The summed E-state index contributed by atoms with van der Waals surface area (Å²) in [6.45, 7) is 3.92. The van der Waals surface area contributed by atoms with Gasteiger partial charge in [0.2, 0.25) is 0 Å². The van der Waals surface area contributed by atoms with E-state index in [0.717, 1.165) is 16.8 Å². The third-order valence-electron chi connectivity index (χ3n) is 2.85. The zero-order valence-corrected chi connectivity index (χ0v) is 10.5. The van der Waals surface area contributed by atoms with Gasteiger partial charge in [-0.15, -0.1) is 0 Å². The van der Waals surface area contributed by atoms with Gasteiger partial charge in [0.1, 0.15) is 0 Å². The average molecular weight is 240 g/mol. The Bertz CT molecular complexity index is 574. The Hall–Kier alpha value is -2.29. The smallest absolute Gasteiger partial charge is 0.255 e. The molecule has 0 fully saturated rings. The van der Waals surface area contributed by atoms with Crippen LogP contribution in [-0.2, 0) is 0 Å². The molecule has 0 bridgehead atoms. The molecule has 3 nitrogen and oxygen atoms in total. The number of anilines is 2. The maximum Gasteiger partial charge on any atom is 0.255 e. The average Bonchev–Trinajstić information content (AvgIpc) is 2.35. The summed E-state index contributed by atoms with van der Waals surface area (Å²) in [5.74, 6) is -0.148. The zero-order valence-electron chi connectivity index (χ0n) is 10.5. The molecule has 0 aliphatic carbocycles. The van der Waals surface area contributed by atoms with Crippen molar-refractivity contribution >= 4 is 17.3 Å². The minimum Gasteiger partial charge on any atom is -0.398 e. The van der Waals surface area contributed by atoms with Crippen LogP contribution in [0.2, 0.25) is 0 Å². The third kappa shape index (κ3) is 2.69. The Balaban J connectivity index is 2.16. The molecule has 2 aromatic rings. The van der Waals surface area contributed by atoms with Crippen LogP contribution < -0.4 is 11.1 Å². The van der Waals surface area contributed by atoms with Crippen molar-refractivity contribution < 1.29 is 4.79 Å². The van der Waals surface area contributed by atoms with Crippen LogP contribution in [0.25, 0.3) is 0 Å². The molecule has 0 atom stereocenters. The van der Waals surface area contributed by atoms with Crippen LogP contribution in [0.5, 0.6) is 0 Å². The molecule has 0 aromatic heterocycles. The molecule has 0 heterocycles. The highest BCUT2D eigenvalue weighted by Gasteiger charge is 2.07. The molecule has 3 N–H and O–H groups in total. The summed E-state index contributed by atoms with van der Waals surface area (Å²) in [6, 6.07) is 13.0. The van der Waals surface area contributed by atoms with Crippen molar-refractivity contribution in [1.29, 1.82) is 0 Å². The second-order valence-electron chi connectivity index (χ2n) is 4.39. The fraction of sp³-hybridized carbons (Fsp3) is 0.133. The van der Waals surface area contributed by atoms with Crippen LogP contribution in [-0.4, -0.2) is 5.91 Å². The van der Waals surface area contributed by atoms with Gasteiger partial charge in [0.05, 0.1) is 0 Å². The summed E-state index contributed by atoms with van der Waals surface area (Å²) in [5.41, 5.74) is 9.91. The molecule has 2 aromatic carbocycles. The number of nitrogens with two attached hydrogens (primary N) is 1. The predicted molar refractivity (Wildman–Crippen MR) is 74.7 cm³/mol. The number of rotatable bonds is 2. The van der Waals surface area contributed by atoms with E-state index in [9.17, 15) is 4.79 Å². The molecule has 0 spiro atoms. The van der Waals surface area contributed by atoms with Gasteiger partial charge in [-0.3, -0.25) is 4.79 Å². The van der Waals surface area contributed by atoms with E-state index in [4.69, 9.17) is 5.73 Å². The predicted octanol–water partition coefficient (Wildman–Crippen LogP) is 3.14. The second kappa shape index (κ2) is 4.92.